The lowest BCUT2D eigenvalue weighted by molar-refractivity contribution is -0.121. The molecule has 5 nitrogen and oxygen atoms in total. The summed E-state index contributed by atoms with van der Waals surface area (Å²) in [6.45, 7) is 1.66. The summed E-state index contributed by atoms with van der Waals surface area (Å²) in [5.74, 6) is -0.213. The molecule has 0 aliphatic carbocycles. The number of piperidine rings is 1. The van der Waals surface area contributed by atoms with Gasteiger partial charge in [0.15, 0.2) is 0 Å². The van der Waals surface area contributed by atoms with Gasteiger partial charge in [-0.3, -0.25) is 4.79 Å². The number of benzene rings is 2. The molecular weight excluding hydrogens is 362 g/mol. The minimum Gasteiger partial charge on any atom is -0.338 e. The van der Waals surface area contributed by atoms with E-state index in [4.69, 9.17) is 11.6 Å². The van der Waals surface area contributed by atoms with Gasteiger partial charge in [0, 0.05) is 30.3 Å². The molecule has 3 amide bonds. The summed E-state index contributed by atoms with van der Waals surface area (Å²) in [6, 6.07) is 16.9. The third-order valence-electron chi connectivity index (χ3n) is 4.70. The van der Waals surface area contributed by atoms with E-state index in [1.165, 1.54) is 0 Å². The fraction of sp³-hybridized carbons (Fsp3) is 0.333. The first-order chi connectivity index (χ1) is 13.1. The van der Waals surface area contributed by atoms with E-state index in [-0.39, 0.29) is 17.9 Å². The molecular formula is C21H24ClN3O2. The van der Waals surface area contributed by atoms with Crippen LogP contribution in [-0.2, 0) is 11.2 Å². The Morgan fingerprint density at radius 1 is 1.11 bits per heavy atom. The van der Waals surface area contributed by atoms with Gasteiger partial charge in [-0.15, -0.1) is 0 Å². The van der Waals surface area contributed by atoms with Gasteiger partial charge in [0.25, 0.3) is 0 Å². The highest BCUT2D eigenvalue weighted by atomic mass is 35.5. The van der Waals surface area contributed by atoms with Crippen molar-refractivity contribution in [1.82, 2.24) is 10.2 Å². The first-order valence-electron chi connectivity index (χ1n) is 9.25. The van der Waals surface area contributed by atoms with E-state index in [1.807, 2.05) is 54.6 Å². The average Bonchev–Trinajstić information content (AvgIpc) is 2.69. The maximum atomic E-state index is 12.5. The molecule has 3 rings (SSSR count). The van der Waals surface area contributed by atoms with Gasteiger partial charge in [0.2, 0.25) is 5.91 Å². The van der Waals surface area contributed by atoms with Crippen molar-refractivity contribution in [1.29, 1.82) is 0 Å². The molecule has 2 aromatic carbocycles. The Balaban J connectivity index is 1.46. The number of anilines is 1. The largest absolute Gasteiger partial charge is 0.338 e. The molecule has 1 atom stereocenters. The predicted octanol–water partition coefficient (Wildman–Crippen LogP) is 3.94. The van der Waals surface area contributed by atoms with Crippen LogP contribution in [0, 0.1) is 5.92 Å². The van der Waals surface area contributed by atoms with E-state index in [2.05, 4.69) is 10.6 Å². The highest BCUT2D eigenvalue weighted by Gasteiger charge is 2.28. The second kappa shape index (κ2) is 9.42. The average molecular weight is 386 g/mol. The Morgan fingerprint density at radius 3 is 2.70 bits per heavy atom. The summed E-state index contributed by atoms with van der Waals surface area (Å²) in [6.07, 6.45) is 2.34. The minimum absolute atomic E-state index is 0.0300. The zero-order valence-electron chi connectivity index (χ0n) is 15.2. The van der Waals surface area contributed by atoms with Crippen LogP contribution in [0.15, 0.2) is 54.6 Å². The third kappa shape index (κ3) is 5.73. The van der Waals surface area contributed by atoms with Crippen molar-refractivity contribution in [2.24, 2.45) is 5.92 Å². The van der Waals surface area contributed by atoms with Crippen LogP contribution in [0.1, 0.15) is 18.4 Å². The van der Waals surface area contributed by atoms with Gasteiger partial charge < -0.3 is 15.5 Å². The molecule has 1 heterocycles. The van der Waals surface area contributed by atoms with Crippen LogP contribution in [0.3, 0.4) is 0 Å². The molecule has 1 fully saturated rings. The van der Waals surface area contributed by atoms with Crippen molar-refractivity contribution >= 4 is 29.2 Å². The maximum absolute atomic E-state index is 12.5. The smallest absolute Gasteiger partial charge is 0.317 e. The Hall–Kier alpha value is -2.53. The number of hydrogen-bond donors (Lipinski definition) is 2. The number of nitrogens with one attached hydrogen (secondary N) is 2. The highest BCUT2D eigenvalue weighted by Crippen LogP contribution is 2.19. The Labute approximate surface area is 164 Å². The van der Waals surface area contributed by atoms with Crippen LogP contribution >= 0.6 is 11.6 Å². The second-order valence-electron chi connectivity index (χ2n) is 6.75. The SMILES string of the molecule is O=C(Nc1ccccc1)C1CCCN(C(=O)NCCc2cccc(Cl)c2)C1. The number of hydrogen-bond acceptors (Lipinski definition) is 2. The quantitative estimate of drug-likeness (QED) is 0.818. The normalized spacial score (nSPS) is 16.6. The summed E-state index contributed by atoms with van der Waals surface area (Å²) < 4.78 is 0. The summed E-state index contributed by atoms with van der Waals surface area (Å²) in [5, 5.41) is 6.57. The molecule has 1 aliphatic rings. The zero-order chi connectivity index (χ0) is 19.1. The first kappa shape index (κ1) is 19.2. The molecule has 27 heavy (non-hydrogen) atoms. The van der Waals surface area contributed by atoms with E-state index in [1.54, 1.807) is 4.90 Å². The van der Waals surface area contributed by atoms with E-state index in [9.17, 15) is 9.59 Å². The standard InChI is InChI=1S/C21H24ClN3O2/c22-18-8-4-6-16(14-18)11-12-23-21(27)25-13-5-7-17(15-25)20(26)24-19-9-2-1-3-10-19/h1-4,6,8-10,14,17H,5,7,11-13,15H2,(H,23,27)(H,24,26). The van der Waals surface area contributed by atoms with Crippen LogP contribution < -0.4 is 10.6 Å². The van der Waals surface area contributed by atoms with Crippen molar-refractivity contribution in [2.75, 3.05) is 25.0 Å². The van der Waals surface area contributed by atoms with Crippen LogP contribution in [0.5, 0.6) is 0 Å². The van der Waals surface area contributed by atoms with Gasteiger partial charge in [-0.1, -0.05) is 41.9 Å². The van der Waals surface area contributed by atoms with Crippen LogP contribution in [-0.4, -0.2) is 36.5 Å². The van der Waals surface area contributed by atoms with Gasteiger partial charge in [0.1, 0.15) is 0 Å². The summed E-state index contributed by atoms with van der Waals surface area (Å²) >= 11 is 5.98. The van der Waals surface area contributed by atoms with E-state index < -0.39 is 0 Å². The van der Waals surface area contributed by atoms with E-state index in [0.29, 0.717) is 24.7 Å². The lowest BCUT2D eigenvalue weighted by Crippen LogP contribution is -2.48. The summed E-state index contributed by atoms with van der Waals surface area (Å²) in [7, 11) is 0. The van der Waals surface area contributed by atoms with Gasteiger partial charge in [0.05, 0.1) is 5.92 Å². The Morgan fingerprint density at radius 2 is 1.93 bits per heavy atom. The van der Waals surface area contributed by atoms with E-state index in [0.717, 1.165) is 30.5 Å². The summed E-state index contributed by atoms with van der Waals surface area (Å²) in [5.41, 5.74) is 1.87. The second-order valence-corrected chi connectivity index (χ2v) is 7.19. The minimum atomic E-state index is -0.183. The molecule has 0 bridgehead atoms. The number of likely N-dealkylation sites (tertiary alicyclic amines) is 1. The monoisotopic (exact) mass is 385 g/mol. The molecule has 1 unspecified atom stereocenters. The van der Waals surface area contributed by atoms with Gasteiger partial charge in [-0.05, 0) is 49.1 Å². The number of nitrogens with zero attached hydrogens (tertiary/aromatic N) is 1. The molecule has 0 aromatic heterocycles. The molecule has 1 saturated heterocycles. The molecule has 0 saturated carbocycles. The Kier molecular flexibility index (Phi) is 6.71. The number of para-hydroxylation sites is 1. The third-order valence-corrected chi connectivity index (χ3v) is 4.93. The first-order valence-corrected chi connectivity index (χ1v) is 9.63. The summed E-state index contributed by atoms with van der Waals surface area (Å²) in [4.78, 5) is 26.7. The van der Waals surface area contributed by atoms with Crippen molar-refractivity contribution < 1.29 is 9.59 Å². The molecule has 2 N–H and O–H groups in total. The number of carbonyl (C=O) groups is 2. The fourth-order valence-corrected chi connectivity index (χ4v) is 3.47. The van der Waals surface area contributed by atoms with Crippen molar-refractivity contribution in [3.05, 3.63) is 65.2 Å². The van der Waals surface area contributed by atoms with Gasteiger partial charge in [-0.2, -0.15) is 0 Å². The molecule has 0 spiro atoms. The predicted molar refractivity (Wildman–Crippen MR) is 108 cm³/mol. The molecule has 2 aromatic rings. The van der Waals surface area contributed by atoms with Crippen molar-refractivity contribution in [3.8, 4) is 0 Å². The lowest BCUT2D eigenvalue weighted by atomic mass is 9.97. The number of rotatable bonds is 5. The zero-order valence-corrected chi connectivity index (χ0v) is 15.9. The van der Waals surface area contributed by atoms with Gasteiger partial charge >= 0.3 is 6.03 Å². The molecule has 142 valence electrons. The van der Waals surface area contributed by atoms with Crippen LogP contribution in [0.4, 0.5) is 10.5 Å². The number of amides is 3. The van der Waals surface area contributed by atoms with Crippen LogP contribution in [0.25, 0.3) is 0 Å². The van der Waals surface area contributed by atoms with Crippen LogP contribution in [0.2, 0.25) is 5.02 Å². The Bertz CT molecular complexity index is 782. The lowest BCUT2D eigenvalue weighted by Gasteiger charge is -2.32. The molecule has 6 heteroatoms. The maximum Gasteiger partial charge on any atom is 0.317 e. The topological polar surface area (TPSA) is 61.4 Å². The number of halogens is 1. The van der Waals surface area contributed by atoms with E-state index >= 15 is 0 Å². The molecule has 0 radical (unpaired) electrons. The van der Waals surface area contributed by atoms with Crippen molar-refractivity contribution in [2.45, 2.75) is 19.3 Å². The van der Waals surface area contributed by atoms with Crippen molar-refractivity contribution in [3.63, 3.8) is 0 Å². The fourth-order valence-electron chi connectivity index (χ4n) is 3.26. The molecule has 1 aliphatic heterocycles. The number of carbonyl (C=O) groups excluding carboxylic acids is 2. The number of urea groups is 1. The van der Waals surface area contributed by atoms with Gasteiger partial charge in [-0.25, -0.2) is 4.79 Å². The highest BCUT2D eigenvalue weighted by molar-refractivity contribution is 6.30.